The van der Waals surface area contributed by atoms with E-state index in [1.807, 2.05) is 6.92 Å². The van der Waals surface area contributed by atoms with Gasteiger partial charge in [0.2, 0.25) is 0 Å². The van der Waals surface area contributed by atoms with Gasteiger partial charge in [0.15, 0.2) is 0 Å². The van der Waals surface area contributed by atoms with Crippen molar-refractivity contribution in [2.45, 2.75) is 13.3 Å². The van der Waals surface area contributed by atoms with Gasteiger partial charge in [-0.25, -0.2) is 9.97 Å². The molecule has 0 fully saturated rings. The number of nitrogens with one attached hydrogen (secondary N) is 1. The van der Waals surface area contributed by atoms with Gasteiger partial charge in [-0.2, -0.15) is 0 Å². The molecule has 14 heavy (non-hydrogen) atoms. The lowest BCUT2D eigenvalue weighted by Gasteiger charge is -2.07. The van der Waals surface area contributed by atoms with Crippen molar-refractivity contribution in [3.8, 4) is 0 Å². The van der Waals surface area contributed by atoms with Crippen molar-refractivity contribution < 1.29 is 4.74 Å². The van der Waals surface area contributed by atoms with Crippen LogP contribution in [-0.2, 0) is 4.74 Å². The van der Waals surface area contributed by atoms with Crippen molar-refractivity contribution in [2.75, 3.05) is 25.6 Å². The molecular weight excluding hydrogens is 202 g/mol. The average molecular weight is 216 g/mol. The van der Waals surface area contributed by atoms with Gasteiger partial charge in [-0.15, -0.1) is 0 Å². The molecule has 0 saturated heterocycles. The van der Waals surface area contributed by atoms with E-state index in [1.165, 1.54) is 6.33 Å². The highest BCUT2D eigenvalue weighted by Gasteiger charge is 2.03. The minimum Gasteiger partial charge on any atom is -0.385 e. The van der Waals surface area contributed by atoms with Crippen molar-refractivity contribution in [3.05, 3.63) is 17.0 Å². The molecule has 5 heteroatoms. The van der Waals surface area contributed by atoms with Gasteiger partial charge in [0.1, 0.15) is 17.3 Å². The molecule has 1 aromatic rings. The second-order valence-electron chi connectivity index (χ2n) is 2.91. The van der Waals surface area contributed by atoms with Gasteiger partial charge in [0, 0.05) is 25.8 Å². The van der Waals surface area contributed by atoms with E-state index in [2.05, 4.69) is 15.3 Å². The van der Waals surface area contributed by atoms with Crippen molar-refractivity contribution in [1.29, 1.82) is 0 Å². The standard InChI is InChI=1S/C9H14ClN3O/c1-7-8(10)12-6-13-9(7)11-4-3-5-14-2/h6H,3-5H2,1-2H3,(H,11,12,13). The van der Waals surface area contributed by atoms with E-state index in [0.29, 0.717) is 5.15 Å². The molecule has 0 amide bonds. The highest BCUT2D eigenvalue weighted by Crippen LogP contribution is 2.17. The topological polar surface area (TPSA) is 47.0 Å². The minimum absolute atomic E-state index is 0.495. The van der Waals surface area contributed by atoms with E-state index in [9.17, 15) is 0 Å². The number of nitrogens with zero attached hydrogens (tertiary/aromatic N) is 2. The summed E-state index contributed by atoms with van der Waals surface area (Å²) in [5.41, 5.74) is 0.881. The van der Waals surface area contributed by atoms with E-state index in [-0.39, 0.29) is 0 Å². The first-order chi connectivity index (χ1) is 6.75. The lowest BCUT2D eigenvalue weighted by atomic mass is 10.3. The van der Waals surface area contributed by atoms with Crippen molar-refractivity contribution in [2.24, 2.45) is 0 Å². The Balaban J connectivity index is 2.46. The number of halogens is 1. The number of rotatable bonds is 5. The maximum Gasteiger partial charge on any atom is 0.137 e. The van der Waals surface area contributed by atoms with Crippen LogP contribution >= 0.6 is 11.6 Å². The molecule has 1 heterocycles. The molecule has 0 unspecified atom stereocenters. The molecule has 4 nitrogen and oxygen atoms in total. The third kappa shape index (κ3) is 3.12. The average Bonchev–Trinajstić information content (AvgIpc) is 2.19. The summed E-state index contributed by atoms with van der Waals surface area (Å²) in [6, 6.07) is 0. The van der Waals surface area contributed by atoms with Crippen LogP contribution in [0.1, 0.15) is 12.0 Å². The largest absolute Gasteiger partial charge is 0.385 e. The first kappa shape index (κ1) is 11.2. The summed E-state index contributed by atoms with van der Waals surface area (Å²) in [6.07, 6.45) is 2.39. The predicted octanol–water partition coefficient (Wildman–Crippen LogP) is 1.89. The van der Waals surface area contributed by atoms with Crippen LogP contribution in [-0.4, -0.2) is 30.2 Å². The van der Waals surface area contributed by atoms with E-state index in [1.54, 1.807) is 7.11 Å². The van der Waals surface area contributed by atoms with Crippen molar-refractivity contribution in [1.82, 2.24) is 9.97 Å². The summed E-state index contributed by atoms with van der Waals surface area (Å²) in [7, 11) is 1.69. The van der Waals surface area contributed by atoms with E-state index < -0.39 is 0 Å². The van der Waals surface area contributed by atoms with Gasteiger partial charge < -0.3 is 10.1 Å². The Hall–Kier alpha value is -0.870. The summed E-state index contributed by atoms with van der Waals surface area (Å²) in [5.74, 6) is 0.793. The second-order valence-corrected chi connectivity index (χ2v) is 3.27. The molecule has 1 rings (SSSR count). The Kier molecular flexibility index (Phi) is 4.62. The monoisotopic (exact) mass is 215 g/mol. The molecule has 0 radical (unpaired) electrons. The molecule has 0 atom stereocenters. The molecule has 0 aliphatic heterocycles. The first-order valence-electron chi connectivity index (χ1n) is 4.45. The quantitative estimate of drug-likeness (QED) is 0.602. The highest BCUT2D eigenvalue weighted by atomic mass is 35.5. The zero-order valence-corrected chi connectivity index (χ0v) is 9.14. The molecule has 0 aliphatic carbocycles. The molecule has 1 N–H and O–H groups in total. The molecule has 0 aromatic carbocycles. The summed E-state index contributed by atoms with van der Waals surface area (Å²) < 4.78 is 4.93. The number of aromatic nitrogens is 2. The second kappa shape index (κ2) is 5.78. The maximum absolute atomic E-state index is 5.84. The molecule has 0 bridgehead atoms. The Morgan fingerprint density at radius 2 is 2.29 bits per heavy atom. The molecule has 0 spiro atoms. The fourth-order valence-electron chi connectivity index (χ4n) is 1.03. The van der Waals surface area contributed by atoms with E-state index in [4.69, 9.17) is 16.3 Å². The first-order valence-corrected chi connectivity index (χ1v) is 4.83. The zero-order chi connectivity index (χ0) is 10.4. The molecule has 1 aromatic heterocycles. The van der Waals surface area contributed by atoms with Crippen LogP contribution in [0.5, 0.6) is 0 Å². The molecule has 0 saturated carbocycles. The predicted molar refractivity (Wildman–Crippen MR) is 56.8 cm³/mol. The van der Waals surface area contributed by atoms with Crippen LogP contribution in [0.15, 0.2) is 6.33 Å². The van der Waals surface area contributed by atoms with Crippen molar-refractivity contribution >= 4 is 17.4 Å². The van der Waals surface area contributed by atoms with Crippen LogP contribution in [0.2, 0.25) is 5.15 Å². The van der Waals surface area contributed by atoms with Gasteiger partial charge in [-0.3, -0.25) is 0 Å². The maximum atomic E-state index is 5.84. The Bertz CT molecular complexity index is 293. The minimum atomic E-state index is 0.495. The number of ether oxygens (including phenoxy) is 1. The van der Waals surface area contributed by atoms with Gasteiger partial charge in [0.05, 0.1) is 0 Å². The van der Waals surface area contributed by atoms with E-state index in [0.717, 1.165) is 31.0 Å². The fourth-order valence-corrected chi connectivity index (χ4v) is 1.16. The summed E-state index contributed by atoms with van der Waals surface area (Å²) in [4.78, 5) is 7.96. The van der Waals surface area contributed by atoms with Crippen LogP contribution in [0.4, 0.5) is 5.82 Å². The number of hydrogen-bond donors (Lipinski definition) is 1. The number of anilines is 1. The van der Waals surface area contributed by atoms with Gasteiger partial charge in [-0.1, -0.05) is 11.6 Å². The number of methoxy groups -OCH3 is 1. The van der Waals surface area contributed by atoms with E-state index >= 15 is 0 Å². The third-order valence-corrected chi connectivity index (χ3v) is 2.22. The molecular formula is C9H14ClN3O. The number of hydrogen-bond acceptors (Lipinski definition) is 4. The summed E-state index contributed by atoms with van der Waals surface area (Å²) >= 11 is 5.84. The Labute approximate surface area is 88.7 Å². The normalized spacial score (nSPS) is 10.2. The van der Waals surface area contributed by atoms with Crippen LogP contribution in [0, 0.1) is 6.92 Å². The van der Waals surface area contributed by atoms with Crippen LogP contribution in [0.3, 0.4) is 0 Å². The smallest absolute Gasteiger partial charge is 0.137 e. The van der Waals surface area contributed by atoms with Gasteiger partial charge in [0.25, 0.3) is 0 Å². The van der Waals surface area contributed by atoms with Gasteiger partial charge in [-0.05, 0) is 13.3 Å². The summed E-state index contributed by atoms with van der Waals surface area (Å²) in [6.45, 7) is 3.45. The van der Waals surface area contributed by atoms with Crippen molar-refractivity contribution in [3.63, 3.8) is 0 Å². The molecule has 0 aliphatic rings. The highest BCUT2D eigenvalue weighted by molar-refractivity contribution is 6.30. The van der Waals surface area contributed by atoms with Crippen LogP contribution < -0.4 is 5.32 Å². The van der Waals surface area contributed by atoms with Crippen LogP contribution in [0.25, 0.3) is 0 Å². The third-order valence-electron chi connectivity index (χ3n) is 1.84. The zero-order valence-electron chi connectivity index (χ0n) is 8.38. The SMILES string of the molecule is COCCCNc1ncnc(Cl)c1C. The molecule has 78 valence electrons. The lowest BCUT2D eigenvalue weighted by molar-refractivity contribution is 0.197. The van der Waals surface area contributed by atoms with Gasteiger partial charge >= 0.3 is 0 Å². The summed E-state index contributed by atoms with van der Waals surface area (Å²) in [5, 5.41) is 3.67. The lowest BCUT2D eigenvalue weighted by Crippen LogP contribution is -2.07. The fraction of sp³-hybridized carbons (Fsp3) is 0.556. The Morgan fingerprint density at radius 3 is 3.00 bits per heavy atom. The Morgan fingerprint density at radius 1 is 1.50 bits per heavy atom.